The average molecular weight is 537 g/mol. The normalized spacial score (nSPS) is 10.7. The molecule has 0 aliphatic rings. The molecule has 0 saturated carbocycles. The van der Waals surface area contributed by atoms with Crippen LogP contribution >= 0.6 is 24.0 Å². The summed E-state index contributed by atoms with van der Waals surface area (Å²) in [6.45, 7) is 1.21. The highest BCUT2D eigenvalue weighted by atomic mass is 127. The summed E-state index contributed by atoms with van der Waals surface area (Å²) in [5.41, 5.74) is 1.89. The third kappa shape index (κ3) is 7.09. The van der Waals surface area contributed by atoms with Crippen molar-refractivity contribution in [2.75, 3.05) is 33.2 Å². The number of furan rings is 1. The topological polar surface area (TPSA) is 77.2 Å². The molecular formula is C23H28IN3O4. The van der Waals surface area contributed by atoms with Crippen molar-refractivity contribution in [1.29, 1.82) is 0 Å². The summed E-state index contributed by atoms with van der Waals surface area (Å²) < 4.78 is 21.7. The number of nitrogens with zero attached hydrogens (tertiary/aromatic N) is 1. The number of rotatable bonds is 9. The second-order valence-electron chi connectivity index (χ2n) is 6.45. The van der Waals surface area contributed by atoms with E-state index in [0.29, 0.717) is 36.3 Å². The molecule has 3 aromatic rings. The molecule has 0 radical (unpaired) electrons. The van der Waals surface area contributed by atoms with Crippen LogP contribution in [0.3, 0.4) is 0 Å². The smallest absolute Gasteiger partial charge is 0.203 e. The van der Waals surface area contributed by atoms with Gasteiger partial charge in [-0.05, 0) is 17.7 Å². The molecule has 7 nitrogen and oxygen atoms in total. The van der Waals surface area contributed by atoms with Crippen molar-refractivity contribution in [2.24, 2.45) is 4.99 Å². The van der Waals surface area contributed by atoms with E-state index in [0.717, 1.165) is 23.4 Å². The minimum Gasteiger partial charge on any atom is -0.493 e. The van der Waals surface area contributed by atoms with Gasteiger partial charge in [-0.2, -0.15) is 0 Å². The Morgan fingerprint density at radius 2 is 1.65 bits per heavy atom. The molecule has 31 heavy (non-hydrogen) atoms. The third-order valence-corrected chi connectivity index (χ3v) is 4.43. The minimum absolute atomic E-state index is 0. The fraction of sp³-hybridized carbons (Fsp3) is 0.261. The van der Waals surface area contributed by atoms with Crippen molar-refractivity contribution < 1.29 is 18.6 Å². The number of methoxy groups -OCH3 is 3. The summed E-state index contributed by atoms with van der Waals surface area (Å²) in [7, 11) is 4.76. The van der Waals surface area contributed by atoms with Gasteiger partial charge >= 0.3 is 0 Å². The zero-order valence-corrected chi connectivity index (χ0v) is 20.2. The predicted molar refractivity (Wildman–Crippen MR) is 133 cm³/mol. The van der Waals surface area contributed by atoms with Gasteiger partial charge < -0.3 is 29.3 Å². The van der Waals surface area contributed by atoms with Crippen LogP contribution in [-0.4, -0.2) is 33.8 Å². The Balaban J connectivity index is 0.00000341. The largest absolute Gasteiger partial charge is 0.493 e. The maximum absolute atomic E-state index is 5.44. The van der Waals surface area contributed by atoms with Gasteiger partial charge in [-0.1, -0.05) is 30.3 Å². The van der Waals surface area contributed by atoms with Crippen molar-refractivity contribution in [3.8, 4) is 17.2 Å². The van der Waals surface area contributed by atoms with Crippen LogP contribution in [0.4, 0.5) is 5.69 Å². The van der Waals surface area contributed by atoms with Crippen LogP contribution in [0.15, 0.2) is 70.3 Å². The van der Waals surface area contributed by atoms with Crippen LogP contribution in [0, 0.1) is 0 Å². The Kier molecular flexibility index (Phi) is 10.0. The van der Waals surface area contributed by atoms with E-state index in [-0.39, 0.29) is 24.0 Å². The van der Waals surface area contributed by atoms with Crippen LogP contribution in [0.25, 0.3) is 0 Å². The summed E-state index contributed by atoms with van der Waals surface area (Å²) in [6, 6.07) is 17.6. The quantitative estimate of drug-likeness (QED) is 0.234. The number of hydrogen-bond donors (Lipinski definition) is 2. The molecule has 0 saturated heterocycles. The summed E-state index contributed by atoms with van der Waals surface area (Å²) in [5.74, 6) is 3.23. The molecule has 2 N–H and O–H groups in total. The molecule has 8 heteroatoms. The third-order valence-electron chi connectivity index (χ3n) is 4.43. The molecule has 0 fully saturated rings. The van der Waals surface area contributed by atoms with Crippen LogP contribution < -0.4 is 24.8 Å². The molecule has 166 valence electrons. The summed E-state index contributed by atoms with van der Waals surface area (Å²) >= 11 is 0. The molecule has 0 unspecified atom stereocenters. The first-order valence-corrected chi connectivity index (χ1v) is 9.65. The van der Waals surface area contributed by atoms with E-state index in [2.05, 4.69) is 10.6 Å². The highest BCUT2D eigenvalue weighted by molar-refractivity contribution is 14.0. The first kappa shape index (κ1) is 24.4. The van der Waals surface area contributed by atoms with Gasteiger partial charge in [0.05, 0.1) is 34.1 Å². The number of nitrogens with one attached hydrogen (secondary N) is 2. The first-order chi connectivity index (χ1) is 14.7. The maximum Gasteiger partial charge on any atom is 0.203 e. The molecule has 0 aliphatic heterocycles. The first-order valence-electron chi connectivity index (χ1n) is 9.65. The molecule has 0 atom stereocenters. The van der Waals surface area contributed by atoms with Crippen molar-refractivity contribution in [3.05, 3.63) is 72.2 Å². The summed E-state index contributed by atoms with van der Waals surface area (Å²) in [4.78, 5) is 4.71. The maximum atomic E-state index is 5.44. The Morgan fingerprint density at radius 1 is 0.935 bits per heavy atom. The number of hydrogen-bond acceptors (Lipinski definition) is 5. The van der Waals surface area contributed by atoms with E-state index in [1.807, 2.05) is 54.6 Å². The monoisotopic (exact) mass is 537 g/mol. The zero-order valence-electron chi connectivity index (χ0n) is 17.9. The van der Waals surface area contributed by atoms with Gasteiger partial charge in [0.25, 0.3) is 0 Å². The second-order valence-corrected chi connectivity index (χ2v) is 6.45. The fourth-order valence-corrected chi connectivity index (χ4v) is 2.94. The fourth-order valence-electron chi connectivity index (χ4n) is 2.94. The van der Waals surface area contributed by atoms with E-state index in [9.17, 15) is 0 Å². The molecule has 3 rings (SSSR count). The highest BCUT2D eigenvalue weighted by Crippen LogP contribution is 2.39. The Morgan fingerprint density at radius 3 is 2.23 bits per heavy atom. The van der Waals surface area contributed by atoms with Gasteiger partial charge in [-0.15, -0.1) is 24.0 Å². The molecule has 0 amide bonds. The summed E-state index contributed by atoms with van der Waals surface area (Å²) in [5, 5.41) is 6.67. The molecule has 0 bridgehead atoms. The standard InChI is InChI=1S/C23H27N3O4.HI/c1-27-20-14-18(15-21(28-2)22(20)29-3)26-23(24-12-11-19-10-7-13-30-19)25-16-17-8-5-4-6-9-17;/h4-10,13-15H,11-12,16H2,1-3H3,(H2,24,25,26);1H. The lowest BCUT2D eigenvalue weighted by Gasteiger charge is -2.17. The van der Waals surface area contributed by atoms with E-state index < -0.39 is 0 Å². The lowest BCUT2D eigenvalue weighted by Crippen LogP contribution is -2.32. The van der Waals surface area contributed by atoms with Crippen molar-refractivity contribution in [1.82, 2.24) is 5.32 Å². The van der Waals surface area contributed by atoms with Crippen molar-refractivity contribution in [2.45, 2.75) is 13.0 Å². The SMILES string of the molecule is COc1cc(NC(=NCc2ccccc2)NCCc2ccco2)cc(OC)c1OC.I. The number of ether oxygens (including phenoxy) is 3. The van der Waals surface area contributed by atoms with Gasteiger partial charge in [-0.25, -0.2) is 4.99 Å². The van der Waals surface area contributed by atoms with Gasteiger partial charge in [0.1, 0.15) is 5.76 Å². The number of halogens is 1. The lowest BCUT2D eigenvalue weighted by atomic mass is 10.2. The van der Waals surface area contributed by atoms with Crippen molar-refractivity contribution in [3.63, 3.8) is 0 Å². The zero-order chi connectivity index (χ0) is 21.2. The Hall–Kier alpha value is -2.88. The van der Waals surface area contributed by atoms with Crippen LogP contribution in [0.1, 0.15) is 11.3 Å². The van der Waals surface area contributed by atoms with E-state index in [4.69, 9.17) is 23.6 Å². The van der Waals surface area contributed by atoms with E-state index in [1.165, 1.54) is 0 Å². The predicted octanol–water partition coefficient (Wildman–Crippen LogP) is 4.72. The number of aliphatic imine (C=N–C) groups is 1. The Labute approximate surface area is 199 Å². The van der Waals surface area contributed by atoms with Crippen LogP contribution in [0.2, 0.25) is 0 Å². The van der Waals surface area contributed by atoms with Gasteiger partial charge in [0.15, 0.2) is 17.5 Å². The van der Waals surface area contributed by atoms with E-state index in [1.54, 1.807) is 27.6 Å². The molecule has 2 aromatic carbocycles. The average Bonchev–Trinajstić information content (AvgIpc) is 3.30. The van der Waals surface area contributed by atoms with Crippen molar-refractivity contribution >= 4 is 35.6 Å². The van der Waals surface area contributed by atoms with Crippen LogP contribution in [-0.2, 0) is 13.0 Å². The number of benzene rings is 2. The molecule has 1 aromatic heterocycles. The number of guanidine groups is 1. The molecule has 1 heterocycles. The molecular weight excluding hydrogens is 509 g/mol. The Bertz CT molecular complexity index is 922. The number of anilines is 1. The van der Waals surface area contributed by atoms with Gasteiger partial charge in [0, 0.05) is 30.8 Å². The highest BCUT2D eigenvalue weighted by Gasteiger charge is 2.14. The van der Waals surface area contributed by atoms with E-state index >= 15 is 0 Å². The van der Waals surface area contributed by atoms with Gasteiger partial charge in [-0.3, -0.25) is 0 Å². The molecule has 0 aliphatic carbocycles. The summed E-state index contributed by atoms with van der Waals surface area (Å²) in [6.07, 6.45) is 2.42. The second kappa shape index (κ2) is 12.7. The lowest BCUT2D eigenvalue weighted by molar-refractivity contribution is 0.324. The van der Waals surface area contributed by atoms with Gasteiger partial charge in [0.2, 0.25) is 5.75 Å². The minimum atomic E-state index is 0. The molecule has 0 spiro atoms. The van der Waals surface area contributed by atoms with Crippen LogP contribution in [0.5, 0.6) is 17.2 Å².